The standard InChI is InChI=1S/C22H21Cl2N3O4/c1-31-19-7-4-14(23)10-18(19)27-12-13(9-21(27)29)22(30)25-15-5-6-17(16(24)11-15)26-8-2-3-20(26)28/h4-7,10-11,13H,2-3,8-9,12H2,1H3,(H,25,30)/t13-/m1/s1. The average Bonchev–Trinajstić information content (AvgIpc) is 3.33. The summed E-state index contributed by atoms with van der Waals surface area (Å²) in [5.74, 6) is -0.438. The third-order valence-electron chi connectivity index (χ3n) is 5.51. The lowest BCUT2D eigenvalue weighted by Gasteiger charge is -2.20. The number of hydrogen-bond acceptors (Lipinski definition) is 4. The van der Waals surface area contributed by atoms with E-state index in [1.54, 1.807) is 41.3 Å². The zero-order valence-electron chi connectivity index (χ0n) is 16.9. The molecule has 0 unspecified atom stereocenters. The molecule has 2 heterocycles. The van der Waals surface area contributed by atoms with Crippen molar-refractivity contribution >= 4 is 58.0 Å². The quantitative estimate of drug-likeness (QED) is 0.725. The highest BCUT2D eigenvalue weighted by molar-refractivity contribution is 6.34. The maximum atomic E-state index is 12.8. The fourth-order valence-electron chi connectivity index (χ4n) is 3.94. The van der Waals surface area contributed by atoms with Gasteiger partial charge in [0.2, 0.25) is 17.7 Å². The number of anilines is 3. The zero-order chi connectivity index (χ0) is 22.1. The highest BCUT2D eigenvalue weighted by Gasteiger charge is 2.36. The number of carbonyl (C=O) groups excluding carboxylic acids is 3. The Morgan fingerprint density at radius 2 is 1.87 bits per heavy atom. The van der Waals surface area contributed by atoms with Gasteiger partial charge >= 0.3 is 0 Å². The summed E-state index contributed by atoms with van der Waals surface area (Å²) >= 11 is 12.4. The van der Waals surface area contributed by atoms with Gasteiger partial charge in [0.05, 0.1) is 29.4 Å². The van der Waals surface area contributed by atoms with Gasteiger partial charge in [-0.2, -0.15) is 0 Å². The largest absolute Gasteiger partial charge is 0.495 e. The summed E-state index contributed by atoms with van der Waals surface area (Å²) in [6.07, 6.45) is 1.39. The molecule has 0 saturated carbocycles. The Morgan fingerprint density at radius 1 is 1.06 bits per heavy atom. The first-order chi connectivity index (χ1) is 14.9. The van der Waals surface area contributed by atoms with Crippen molar-refractivity contribution in [1.82, 2.24) is 0 Å². The third kappa shape index (κ3) is 4.34. The molecule has 2 saturated heterocycles. The molecule has 3 amide bonds. The van der Waals surface area contributed by atoms with E-state index in [4.69, 9.17) is 27.9 Å². The summed E-state index contributed by atoms with van der Waals surface area (Å²) in [6.45, 7) is 0.854. The smallest absolute Gasteiger partial charge is 0.229 e. The van der Waals surface area contributed by atoms with Crippen LogP contribution < -0.4 is 19.9 Å². The molecular formula is C22H21Cl2N3O4. The molecule has 2 aromatic carbocycles. The van der Waals surface area contributed by atoms with Crippen LogP contribution in [0.3, 0.4) is 0 Å². The summed E-state index contributed by atoms with van der Waals surface area (Å²) in [6, 6.07) is 10.1. The second-order valence-corrected chi connectivity index (χ2v) is 8.37. The molecule has 1 N–H and O–H groups in total. The van der Waals surface area contributed by atoms with Crippen molar-refractivity contribution in [2.75, 3.05) is 35.3 Å². The van der Waals surface area contributed by atoms with Gasteiger partial charge in [0, 0.05) is 36.6 Å². The maximum absolute atomic E-state index is 12.8. The average molecular weight is 462 g/mol. The van der Waals surface area contributed by atoms with Crippen LogP contribution in [0.4, 0.5) is 17.1 Å². The molecule has 2 aliphatic rings. The van der Waals surface area contributed by atoms with Gasteiger partial charge < -0.3 is 19.9 Å². The van der Waals surface area contributed by atoms with Gasteiger partial charge in [-0.05, 0) is 42.8 Å². The molecule has 0 aliphatic carbocycles. The van der Waals surface area contributed by atoms with E-state index in [1.807, 2.05) is 0 Å². The minimum Gasteiger partial charge on any atom is -0.495 e. The normalized spacial score (nSPS) is 18.6. The second kappa shape index (κ2) is 8.77. The van der Waals surface area contributed by atoms with Gasteiger partial charge in [-0.1, -0.05) is 23.2 Å². The van der Waals surface area contributed by atoms with E-state index in [-0.39, 0.29) is 30.7 Å². The molecule has 2 fully saturated rings. The number of nitrogens with one attached hydrogen (secondary N) is 1. The fourth-order valence-corrected chi connectivity index (χ4v) is 4.39. The van der Waals surface area contributed by atoms with Gasteiger partial charge in [-0.25, -0.2) is 0 Å². The lowest BCUT2D eigenvalue weighted by Crippen LogP contribution is -2.28. The van der Waals surface area contributed by atoms with E-state index in [0.29, 0.717) is 45.8 Å². The number of amides is 3. The monoisotopic (exact) mass is 461 g/mol. The SMILES string of the molecule is COc1ccc(Cl)cc1N1C[C@H](C(=O)Nc2ccc(N3CCCC3=O)c(Cl)c2)CC1=O. The summed E-state index contributed by atoms with van der Waals surface area (Å²) in [7, 11) is 1.51. The van der Waals surface area contributed by atoms with Crippen LogP contribution in [-0.2, 0) is 14.4 Å². The molecule has 1 atom stereocenters. The van der Waals surface area contributed by atoms with Crippen LogP contribution in [0, 0.1) is 5.92 Å². The van der Waals surface area contributed by atoms with Crippen molar-refractivity contribution in [2.45, 2.75) is 19.3 Å². The van der Waals surface area contributed by atoms with Crippen molar-refractivity contribution < 1.29 is 19.1 Å². The van der Waals surface area contributed by atoms with Gasteiger partial charge in [0.15, 0.2) is 0 Å². The minimum absolute atomic E-state index is 0.0414. The van der Waals surface area contributed by atoms with Crippen LogP contribution in [0.25, 0.3) is 0 Å². The van der Waals surface area contributed by atoms with E-state index >= 15 is 0 Å². The van der Waals surface area contributed by atoms with Crippen molar-refractivity contribution in [3.63, 3.8) is 0 Å². The van der Waals surface area contributed by atoms with Crippen molar-refractivity contribution in [1.29, 1.82) is 0 Å². The topological polar surface area (TPSA) is 79.0 Å². The van der Waals surface area contributed by atoms with Crippen molar-refractivity contribution in [2.24, 2.45) is 5.92 Å². The lowest BCUT2D eigenvalue weighted by molar-refractivity contribution is -0.122. The number of rotatable bonds is 5. The lowest BCUT2D eigenvalue weighted by atomic mass is 10.1. The summed E-state index contributed by atoms with van der Waals surface area (Å²) in [5.41, 5.74) is 1.69. The van der Waals surface area contributed by atoms with E-state index < -0.39 is 5.92 Å². The Kier molecular flexibility index (Phi) is 6.07. The van der Waals surface area contributed by atoms with Crippen molar-refractivity contribution in [3.8, 4) is 5.75 Å². The fraction of sp³-hybridized carbons (Fsp3) is 0.318. The Hall–Kier alpha value is -2.77. The van der Waals surface area contributed by atoms with Crippen molar-refractivity contribution in [3.05, 3.63) is 46.4 Å². The third-order valence-corrected chi connectivity index (χ3v) is 6.04. The molecule has 4 rings (SSSR count). The molecule has 7 nitrogen and oxygen atoms in total. The molecule has 0 radical (unpaired) electrons. The number of benzene rings is 2. The zero-order valence-corrected chi connectivity index (χ0v) is 18.4. The van der Waals surface area contributed by atoms with E-state index in [1.165, 1.54) is 12.0 Å². The highest BCUT2D eigenvalue weighted by atomic mass is 35.5. The number of ether oxygens (including phenoxy) is 1. The van der Waals surface area contributed by atoms with Crippen LogP contribution in [0.15, 0.2) is 36.4 Å². The minimum atomic E-state index is -0.533. The first kappa shape index (κ1) is 21.5. The number of methoxy groups -OCH3 is 1. The molecule has 0 aromatic heterocycles. The molecule has 31 heavy (non-hydrogen) atoms. The molecule has 0 bridgehead atoms. The van der Waals surface area contributed by atoms with Crippen LogP contribution in [0.1, 0.15) is 19.3 Å². The van der Waals surface area contributed by atoms with E-state index in [2.05, 4.69) is 5.32 Å². The van der Waals surface area contributed by atoms with Gasteiger partial charge in [-0.3, -0.25) is 14.4 Å². The number of hydrogen-bond donors (Lipinski definition) is 1. The maximum Gasteiger partial charge on any atom is 0.229 e. The molecule has 2 aliphatic heterocycles. The summed E-state index contributed by atoms with van der Waals surface area (Å²) in [5, 5.41) is 3.69. The Labute approximate surface area is 189 Å². The first-order valence-electron chi connectivity index (χ1n) is 9.92. The predicted molar refractivity (Wildman–Crippen MR) is 120 cm³/mol. The van der Waals surface area contributed by atoms with Crippen LogP contribution in [0.5, 0.6) is 5.75 Å². The van der Waals surface area contributed by atoms with Crippen LogP contribution in [0.2, 0.25) is 10.0 Å². The van der Waals surface area contributed by atoms with Gasteiger partial charge in [0.1, 0.15) is 5.75 Å². The molecular weight excluding hydrogens is 441 g/mol. The first-order valence-corrected chi connectivity index (χ1v) is 10.7. The van der Waals surface area contributed by atoms with E-state index in [9.17, 15) is 14.4 Å². The molecule has 0 spiro atoms. The Balaban J connectivity index is 1.46. The predicted octanol–water partition coefficient (Wildman–Crippen LogP) is 4.12. The van der Waals surface area contributed by atoms with E-state index in [0.717, 1.165) is 6.42 Å². The van der Waals surface area contributed by atoms with Crippen LogP contribution >= 0.6 is 23.2 Å². The van der Waals surface area contributed by atoms with Crippen LogP contribution in [-0.4, -0.2) is 37.9 Å². The van der Waals surface area contributed by atoms with Gasteiger partial charge in [-0.15, -0.1) is 0 Å². The number of halogens is 2. The molecule has 162 valence electrons. The number of carbonyl (C=O) groups is 3. The Morgan fingerprint density at radius 3 is 2.55 bits per heavy atom. The number of nitrogens with zero attached hydrogens (tertiary/aromatic N) is 2. The Bertz CT molecular complexity index is 1060. The molecule has 2 aromatic rings. The van der Waals surface area contributed by atoms with Gasteiger partial charge in [0.25, 0.3) is 0 Å². The summed E-state index contributed by atoms with van der Waals surface area (Å²) in [4.78, 5) is 40.5. The second-order valence-electron chi connectivity index (χ2n) is 7.53. The molecule has 9 heteroatoms. The summed E-state index contributed by atoms with van der Waals surface area (Å²) < 4.78 is 5.33. The highest BCUT2D eigenvalue weighted by Crippen LogP contribution is 2.36.